The van der Waals surface area contributed by atoms with Crippen LogP contribution in [0, 0.1) is 16.5 Å². The van der Waals surface area contributed by atoms with Crippen molar-refractivity contribution in [3.05, 3.63) is 33.0 Å². The first-order chi connectivity index (χ1) is 10.8. The average molecular weight is 347 g/mol. The van der Waals surface area contributed by atoms with Crippen molar-refractivity contribution < 1.29 is 28.8 Å². The molecule has 2 aromatic rings. The maximum Gasteiger partial charge on any atom is 0.232 e. The van der Waals surface area contributed by atoms with Gasteiger partial charge in [-0.3, -0.25) is 9.36 Å². The molecule has 23 heavy (non-hydrogen) atoms. The summed E-state index contributed by atoms with van der Waals surface area (Å²) in [6.07, 6.45) is -4.09. The number of hydrogen-bond acceptors (Lipinski definition) is 7. The van der Waals surface area contributed by atoms with Gasteiger partial charge < -0.3 is 25.0 Å². The topological polar surface area (TPSA) is 121 Å². The summed E-state index contributed by atoms with van der Waals surface area (Å²) >= 11 is 4.98. The lowest BCUT2D eigenvalue weighted by atomic mass is 10.1. The number of halogens is 2. The van der Waals surface area contributed by atoms with E-state index in [0.717, 1.165) is 10.8 Å². The molecule has 1 fully saturated rings. The number of hydrogen-bond donors (Lipinski definition) is 4. The van der Waals surface area contributed by atoms with Crippen molar-refractivity contribution in [2.24, 2.45) is 0 Å². The molecule has 1 unspecified atom stereocenters. The van der Waals surface area contributed by atoms with E-state index in [4.69, 9.17) is 22.1 Å². The Morgan fingerprint density at radius 1 is 1.39 bits per heavy atom. The van der Waals surface area contributed by atoms with Gasteiger partial charge in [-0.05, 0) is 12.2 Å². The third kappa shape index (κ3) is 2.46. The molecule has 11 heteroatoms. The lowest BCUT2D eigenvalue weighted by Gasteiger charge is -2.18. The van der Waals surface area contributed by atoms with Crippen LogP contribution in [0.3, 0.4) is 0 Å². The number of ether oxygens (including phenoxy) is 1. The van der Waals surface area contributed by atoms with Gasteiger partial charge in [0.2, 0.25) is 22.0 Å². The Balaban J connectivity index is 2.18. The highest BCUT2D eigenvalue weighted by atomic mass is 32.1. The van der Waals surface area contributed by atoms with Crippen LogP contribution in [0.2, 0.25) is 0 Å². The minimum Gasteiger partial charge on any atom is -0.394 e. The molecule has 3 rings (SSSR count). The minimum absolute atomic E-state index is 0.200. The Bertz CT molecular complexity index is 885. The Kier molecular flexibility index (Phi) is 3.98. The predicted octanol–water partition coefficient (Wildman–Crippen LogP) is -0.656. The number of aliphatic hydroxyl groups is 3. The molecule has 1 saturated heterocycles. The first kappa shape index (κ1) is 16.1. The van der Waals surface area contributed by atoms with Crippen molar-refractivity contribution in [3.63, 3.8) is 0 Å². The molecular formula is C12H11F2N3O5S. The predicted molar refractivity (Wildman–Crippen MR) is 74.1 cm³/mol. The Morgan fingerprint density at radius 3 is 2.70 bits per heavy atom. The molecule has 0 spiro atoms. The van der Waals surface area contributed by atoms with Crippen LogP contribution in [-0.4, -0.2) is 54.8 Å². The lowest BCUT2D eigenvalue weighted by molar-refractivity contribution is -0.0538. The number of aromatic amines is 1. The van der Waals surface area contributed by atoms with Crippen LogP contribution in [0.1, 0.15) is 6.23 Å². The first-order valence-corrected chi connectivity index (χ1v) is 6.88. The Morgan fingerprint density at radius 2 is 2.09 bits per heavy atom. The second kappa shape index (κ2) is 5.69. The fourth-order valence-corrected chi connectivity index (χ4v) is 2.65. The van der Waals surface area contributed by atoms with Crippen LogP contribution in [0.15, 0.2) is 11.0 Å². The minimum atomic E-state index is -1.61. The monoisotopic (exact) mass is 347 g/mol. The van der Waals surface area contributed by atoms with Gasteiger partial charge >= 0.3 is 0 Å². The standard InChI is InChI=1S/C12H11F2N3O5S/c13-5-6(19)3-1-17(12(23)16-10(3)15-9(5)14)11-8(21)7(20)4(2-18)22-11/h1,4,7-8,11,18,20-21H,2H2,(H,15,16,23)/t4-,7?,8+,11-/m1/s1. The van der Waals surface area contributed by atoms with Crippen molar-refractivity contribution in [1.29, 1.82) is 0 Å². The van der Waals surface area contributed by atoms with Gasteiger partial charge in [-0.1, -0.05) is 0 Å². The molecule has 1 aliphatic heterocycles. The van der Waals surface area contributed by atoms with Crippen molar-refractivity contribution in [3.8, 4) is 0 Å². The quantitative estimate of drug-likeness (QED) is 0.421. The van der Waals surface area contributed by atoms with Gasteiger partial charge in [-0.25, -0.2) is 4.98 Å². The van der Waals surface area contributed by atoms with Gasteiger partial charge in [0.25, 0.3) is 0 Å². The van der Waals surface area contributed by atoms with E-state index in [1.54, 1.807) is 0 Å². The highest BCUT2D eigenvalue weighted by molar-refractivity contribution is 7.71. The van der Waals surface area contributed by atoms with Gasteiger partial charge in [-0.2, -0.15) is 8.78 Å². The molecule has 0 bridgehead atoms. The largest absolute Gasteiger partial charge is 0.394 e. The fourth-order valence-electron chi connectivity index (χ4n) is 2.40. The zero-order valence-electron chi connectivity index (χ0n) is 11.3. The molecule has 8 nitrogen and oxygen atoms in total. The first-order valence-electron chi connectivity index (χ1n) is 6.47. The van der Waals surface area contributed by atoms with Gasteiger partial charge in [0.1, 0.15) is 24.0 Å². The molecule has 0 radical (unpaired) electrons. The molecule has 0 aromatic carbocycles. The molecule has 4 atom stereocenters. The zero-order chi connectivity index (χ0) is 16.9. The van der Waals surface area contributed by atoms with E-state index in [-0.39, 0.29) is 15.8 Å². The van der Waals surface area contributed by atoms with E-state index in [9.17, 15) is 23.8 Å². The third-order valence-electron chi connectivity index (χ3n) is 3.61. The maximum absolute atomic E-state index is 13.4. The lowest BCUT2D eigenvalue weighted by Crippen LogP contribution is -2.33. The van der Waals surface area contributed by atoms with Crippen LogP contribution in [0.25, 0.3) is 11.0 Å². The summed E-state index contributed by atoms with van der Waals surface area (Å²) in [7, 11) is 0. The van der Waals surface area contributed by atoms with Gasteiger partial charge in [-0.15, -0.1) is 0 Å². The fraction of sp³-hybridized carbons (Fsp3) is 0.417. The zero-order valence-corrected chi connectivity index (χ0v) is 12.1. The molecule has 0 amide bonds. The van der Waals surface area contributed by atoms with Crippen molar-refractivity contribution in [2.75, 3.05) is 6.61 Å². The van der Waals surface area contributed by atoms with E-state index in [1.165, 1.54) is 0 Å². The maximum atomic E-state index is 13.4. The summed E-state index contributed by atoms with van der Waals surface area (Å²) < 4.78 is 32.7. The summed E-state index contributed by atoms with van der Waals surface area (Å²) in [6, 6.07) is 0. The summed E-state index contributed by atoms with van der Waals surface area (Å²) in [5.41, 5.74) is -1.50. The number of H-pyrrole nitrogens is 1. The number of aliphatic hydroxyl groups excluding tert-OH is 3. The summed E-state index contributed by atoms with van der Waals surface area (Å²) in [4.78, 5) is 17.5. The van der Waals surface area contributed by atoms with E-state index >= 15 is 0 Å². The van der Waals surface area contributed by atoms with E-state index in [0.29, 0.717) is 0 Å². The number of aromatic nitrogens is 3. The molecule has 3 heterocycles. The van der Waals surface area contributed by atoms with E-state index in [2.05, 4.69) is 4.98 Å². The SMILES string of the molecule is O=c1c(F)c(F)[nH]c2nc(=S)n([C@@H]3O[C@H](CO)C(O)[C@@H]3O)cc12. The summed E-state index contributed by atoms with van der Waals surface area (Å²) in [5, 5.41) is 28.5. The number of rotatable bonds is 2. The normalized spacial score (nSPS) is 27.7. The van der Waals surface area contributed by atoms with Crippen molar-refractivity contribution in [1.82, 2.24) is 14.5 Å². The number of fused-ring (bicyclic) bond motifs is 1. The van der Waals surface area contributed by atoms with Crippen molar-refractivity contribution >= 4 is 23.3 Å². The van der Waals surface area contributed by atoms with Crippen molar-refractivity contribution in [2.45, 2.75) is 24.5 Å². The van der Waals surface area contributed by atoms with Crippen LogP contribution in [-0.2, 0) is 4.74 Å². The van der Waals surface area contributed by atoms with Crippen LogP contribution in [0.5, 0.6) is 0 Å². The average Bonchev–Trinajstić information content (AvgIpc) is 2.80. The molecule has 2 aromatic heterocycles. The molecule has 124 valence electrons. The van der Waals surface area contributed by atoms with Crippen LogP contribution >= 0.6 is 12.2 Å². The molecule has 1 aliphatic rings. The summed E-state index contributed by atoms with van der Waals surface area (Å²) in [6.45, 7) is -0.552. The second-order valence-electron chi connectivity index (χ2n) is 5.00. The van der Waals surface area contributed by atoms with Gasteiger partial charge in [0.15, 0.2) is 6.23 Å². The molecule has 0 aliphatic carbocycles. The second-order valence-corrected chi connectivity index (χ2v) is 5.37. The van der Waals surface area contributed by atoms with Gasteiger partial charge in [0.05, 0.1) is 12.0 Å². The molecular weight excluding hydrogens is 336 g/mol. The highest BCUT2D eigenvalue weighted by Crippen LogP contribution is 2.29. The highest BCUT2D eigenvalue weighted by Gasteiger charge is 2.43. The van der Waals surface area contributed by atoms with Gasteiger partial charge in [0, 0.05) is 6.20 Å². The smallest absolute Gasteiger partial charge is 0.232 e. The third-order valence-corrected chi connectivity index (χ3v) is 3.91. The van der Waals surface area contributed by atoms with Crippen LogP contribution in [0.4, 0.5) is 8.78 Å². The Hall–Kier alpha value is -1.79. The molecule has 0 saturated carbocycles. The molecule has 4 N–H and O–H groups in total. The number of pyridine rings is 1. The number of nitrogens with zero attached hydrogens (tertiary/aromatic N) is 2. The van der Waals surface area contributed by atoms with E-state index < -0.39 is 48.3 Å². The number of nitrogens with one attached hydrogen (secondary N) is 1. The van der Waals surface area contributed by atoms with E-state index in [1.807, 2.05) is 4.98 Å². The Labute approximate surface area is 131 Å². The summed E-state index contributed by atoms with van der Waals surface area (Å²) in [5.74, 6) is -3.07. The van der Waals surface area contributed by atoms with Crippen LogP contribution < -0.4 is 5.43 Å².